The Bertz CT molecular complexity index is 499. The van der Waals surface area contributed by atoms with Crippen molar-refractivity contribution in [3.05, 3.63) is 35.7 Å². The Labute approximate surface area is 148 Å². The van der Waals surface area contributed by atoms with Gasteiger partial charge in [0.15, 0.2) is 0 Å². The molecule has 0 aliphatic heterocycles. The fourth-order valence-electron chi connectivity index (χ4n) is 2.01. The van der Waals surface area contributed by atoms with Crippen LogP contribution in [0.4, 0.5) is 5.69 Å². The van der Waals surface area contributed by atoms with Crippen molar-refractivity contribution in [3.8, 4) is 0 Å². The number of amides is 1. The Morgan fingerprint density at radius 1 is 1.50 bits per heavy atom. The van der Waals surface area contributed by atoms with E-state index in [4.69, 9.17) is 0 Å². The minimum atomic E-state index is -1.29. The van der Waals surface area contributed by atoms with E-state index in [9.17, 15) is 9.00 Å². The van der Waals surface area contributed by atoms with Gasteiger partial charge in [0.1, 0.15) is 0 Å². The van der Waals surface area contributed by atoms with Crippen LogP contribution in [-0.4, -0.2) is 18.8 Å². The molecule has 20 heavy (non-hydrogen) atoms. The van der Waals surface area contributed by atoms with Crippen LogP contribution in [0.25, 0.3) is 0 Å². The van der Waals surface area contributed by atoms with E-state index in [0.29, 0.717) is 13.1 Å². The maximum absolute atomic E-state index is 11.0. The number of hydrogen-bond donors (Lipinski definition) is 1. The molecule has 109 valence electrons. The molecular formula is C14H19N2O2SY-3. The van der Waals surface area contributed by atoms with Crippen LogP contribution >= 0.6 is 0 Å². The summed E-state index contributed by atoms with van der Waals surface area (Å²) >= 11 is 0. The first-order valence-corrected chi connectivity index (χ1v) is 7.37. The van der Waals surface area contributed by atoms with E-state index < -0.39 is 10.6 Å². The maximum Gasteiger partial charge on any atom is 0.0719 e. The molecule has 0 aromatic heterocycles. The summed E-state index contributed by atoms with van der Waals surface area (Å²) in [5.74, 6) is 3.37. The first-order valence-electron chi connectivity index (χ1n) is 6.05. The Kier molecular flexibility index (Phi) is 9.39. The Morgan fingerprint density at radius 3 is 2.60 bits per heavy atom. The molecule has 0 atom stereocenters. The van der Waals surface area contributed by atoms with Gasteiger partial charge >= 0.3 is 0 Å². The summed E-state index contributed by atoms with van der Waals surface area (Å²) < 4.78 is 13.7. The van der Waals surface area contributed by atoms with Crippen LogP contribution in [0.2, 0.25) is 0 Å². The molecule has 0 saturated carbocycles. The summed E-state index contributed by atoms with van der Waals surface area (Å²) in [5.41, 5.74) is 3.49. The van der Waals surface area contributed by atoms with Crippen LogP contribution in [0, 0.1) is 13.8 Å². The van der Waals surface area contributed by atoms with Gasteiger partial charge in [0, 0.05) is 32.7 Å². The monoisotopic (exact) mass is 368 g/mol. The second-order valence-corrected chi connectivity index (χ2v) is 5.31. The Balaban J connectivity index is 0.00000361. The molecule has 6 heteroatoms. The van der Waals surface area contributed by atoms with Crippen molar-refractivity contribution in [3.63, 3.8) is 0 Å². The molecule has 0 heterocycles. The molecule has 4 nitrogen and oxygen atoms in total. The molecule has 1 rings (SSSR count). The Hall–Kier alpha value is -0.356. The fourth-order valence-corrected chi connectivity index (χ4v) is 2.34. The van der Waals surface area contributed by atoms with Gasteiger partial charge in [-0.25, -0.2) is 23.1 Å². The zero-order valence-corrected chi connectivity index (χ0v) is 15.6. The molecule has 1 aromatic carbocycles. The topological polar surface area (TPSA) is 49.4 Å². The smallest absolute Gasteiger partial charge is 0.0719 e. The fraction of sp³-hybridized carbons (Fsp3) is 0.357. The number of anilines is 1. The molecule has 1 N–H and O–H groups in total. The molecule has 1 aromatic rings. The minimum absolute atomic E-state index is 0. The number of nitrogens with one attached hydrogen (secondary N) is 1. The van der Waals surface area contributed by atoms with Gasteiger partial charge in [-0.15, -0.1) is 11.3 Å². The van der Waals surface area contributed by atoms with Gasteiger partial charge in [0.05, 0.1) is 6.41 Å². The number of rotatable bonds is 7. The van der Waals surface area contributed by atoms with E-state index in [1.54, 1.807) is 4.90 Å². The first-order chi connectivity index (χ1) is 8.99. The van der Waals surface area contributed by atoms with Gasteiger partial charge in [-0.2, -0.15) is 11.9 Å². The molecule has 0 unspecified atom stereocenters. The normalized spacial score (nSPS) is 10.2. The second-order valence-electron chi connectivity index (χ2n) is 4.33. The number of hydrogen-bond acceptors (Lipinski definition) is 3. The Morgan fingerprint density at radius 2 is 2.15 bits per heavy atom. The van der Waals surface area contributed by atoms with Gasteiger partial charge in [-0.1, -0.05) is 25.5 Å². The number of benzene rings is 1. The van der Waals surface area contributed by atoms with Crippen LogP contribution in [0.15, 0.2) is 12.1 Å². The number of carbonyl (C=O) groups excluding carboxylic acids is 1. The van der Waals surface area contributed by atoms with Gasteiger partial charge in [0.25, 0.3) is 0 Å². The molecule has 0 fully saturated rings. The third-order valence-electron chi connectivity index (χ3n) is 2.70. The SMILES string of the molecule is C=[S-](=O)NCc1cc([CH2-])c(N([C-]=O)CCC)c(C)c1.[Y]. The molecule has 1 amide bonds. The summed E-state index contributed by atoms with van der Waals surface area (Å²) in [6.45, 7) is 8.99. The molecule has 0 aliphatic carbocycles. The summed E-state index contributed by atoms with van der Waals surface area (Å²) in [7, 11) is -1.29. The molecule has 0 aliphatic rings. The van der Waals surface area contributed by atoms with E-state index in [1.165, 1.54) is 0 Å². The van der Waals surface area contributed by atoms with Crippen molar-refractivity contribution in [2.24, 2.45) is 0 Å². The number of aryl methyl sites for hydroxylation is 1. The third-order valence-corrected chi connectivity index (χ3v) is 3.17. The van der Waals surface area contributed by atoms with E-state index >= 15 is 0 Å². The van der Waals surface area contributed by atoms with E-state index in [-0.39, 0.29) is 32.7 Å². The van der Waals surface area contributed by atoms with Crippen LogP contribution in [0.1, 0.15) is 30.0 Å². The van der Waals surface area contributed by atoms with Crippen molar-refractivity contribution in [1.82, 2.24) is 4.72 Å². The third kappa shape index (κ3) is 5.56. The molecular weight excluding hydrogens is 349 g/mol. The summed E-state index contributed by atoms with van der Waals surface area (Å²) in [6, 6.07) is 3.83. The molecule has 0 bridgehead atoms. The van der Waals surface area contributed by atoms with Crippen molar-refractivity contribution in [2.45, 2.75) is 26.8 Å². The van der Waals surface area contributed by atoms with Crippen LogP contribution in [0.5, 0.6) is 0 Å². The molecule has 0 saturated heterocycles. The quantitative estimate of drug-likeness (QED) is 0.346. The largest absolute Gasteiger partial charge is 0.478 e. The minimum Gasteiger partial charge on any atom is -0.478 e. The first kappa shape index (κ1) is 19.6. The predicted molar refractivity (Wildman–Crippen MR) is 81.0 cm³/mol. The van der Waals surface area contributed by atoms with Crippen LogP contribution in [0.3, 0.4) is 0 Å². The second kappa shape index (κ2) is 9.56. The predicted octanol–water partition coefficient (Wildman–Crippen LogP) is 1.86. The summed E-state index contributed by atoms with van der Waals surface area (Å²) in [4.78, 5) is 12.6. The summed E-state index contributed by atoms with van der Waals surface area (Å²) in [5, 5.41) is 0. The van der Waals surface area contributed by atoms with E-state index in [1.807, 2.05) is 32.4 Å². The van der Waals surface area contributed by atoms with Crippen molar-refractivity contribution in [1.29, 1.82) is 0 Å². The van der Waals surface area contributed by atoms with Gasteiger partial charge in [-0.05, 0) is 19.5 Å². The van der Waals surface area contributed by atoms with Crippen LogP contribution in [-0.2, 0) is 58.8 Å². The maximum atomic E-state index is 11.0. The standard InChI is InChI=1S/C14H19N2O2S.Y/c1-5-6-16(10-17)14-11(2)7-13(8-12(14)3)9-15-19(4)18;/h7-8H,2,4-6,9H2,1,3H3,(H,15,18);/q-3;. The zero-order chi connectivity index (χ0) is 14.4. The van der Waals surface area contributed by atoms with Gasteiger partial charge in [-0.3, -0.25) is 0 Å². The van der Waals surface area contributed by atoms with E-state index in [0.717, 1.165) is 28.8 Å². The van der Waals surface area contributed by atoms with Gasteiger partial charge in [0.2, 0.25) is 0 Å². The molecule has 0 spiro atoms. The summed E-state index contributed by atoms with van der Waals surface area (Å²) in [6.07, 6.45) is 2.80. The van der Waals surface area contributed by atoms with Crippen molar-refractivity contribution >= 4 is 28.5 Å². The van der Waals surface area contributed by atoms with Crippen LogP contribution < -0.4 is 9.62 Å². The van der Waals surface area contributed by atoms with E-state index in [2.05, 4.69) is 17.5 Å². The zero-order valence-electron chi connectivity index (χ0n) is 11.9. The van der Waals surface area contributed by atoms with Crippen molar-refractivity contribution in [2.75, 3.05) is 11.4 Å². The van der Waals surface area contributed by atoms with Crippen molar-refractivity contribution < 1.29 is 41.7 Å². The average molecular weight is 368 g/mol. The molecule has 1 radical (unpaired) electrons. The van der Waals surface area contributed by atoms with Gasteiger partial charge < -0.3 is 18.6 Å². The number of nitrogens with zero attached hydrogens (tertiary/aromatic N) is 1. The average Bonchev–Trinajstić information content (AvgIpc) is 2.34.